The number of hydrogen-bond acceptors (Lipinski definition) is 9. The van der Waals surface area contributed by atoms with Crippen LogP contribution in [0.25, 0.3) is 11.5 Å². The van der Waals surface area contributed by atoms with Gasteiger partial charge in [-0.2, -0.15) is 4.31 Å². The molecule has 4 rings (SSSR count). The molecule has 0 radical (unpaired) electrons. The first-order valence-electron chi connectivity index (χ1n) is 10.9. The van der Waals surface area contributed by atoms with Crippen molar-refractivity contribution in [2.24, 2.45) is 0 Å². The molecule has 36 heavy (non-hydrogen) atoms. The van der Waals surface area contributed by atoms with Crippen molar-refractivity contribution in [3.63, 3.8) is 0 Å². The standard InChI is InChI=1S/C22H25N5O7S2/c1-26(2)35(29,30)17-10-6-15(7-11-17)21-24-25-22(34-21)23-20(28)19-5-4-14-27(19)36(31,32)18-12-8-16(33-3)9-13-18/h6-13,19H,4-5,14H2,1-3H3,(H,23,25,28). The van der Waals surface area contributed by atoms with Crippen molar-refractivity contribution in [2.45, 2.75) is 28.7 Å². The van der Waals surface area contributed by atoms with Crippen molar-refractivity contribution >= 4 is 32.0 Å². The van der Waals surface area contributed by atoms with Gasteiger partial charge in [0.1, 0.15) is 11.8 Å². The third-order valence-electron chi connectivity index (χ3n) is 5.71. The van der Waals surface area contributed by atoms with Gasteiger partial charge in [-0.15, -0.1) is 5.10 Å². The summed E-state index contributed by atoms with van der Waals surface area (Å²) in [7, 11) is -3.15. The zero-order valence-corrected chi connectivity index (χ0v) is 21.4. The molecular weight excluding hydrogens is 510 g/mol. The van der Waals surface area contributed by atoms with Crippen LogP contribution in [-0.2, 0) is 24.8 Å². The fourth-order valence-electron chi connectivity index (χ4n) is 3.73. The molecule has 1 amide bonds. The van der Waals surface area contributed by atoms with Crippen molar-refractivity contribution in [1.82, 2.24) is 18.8 Å². The zero-order chi connectivity index (χ0) is 26.1. The van der Waals surface area contributed by atoms with Gasteiger partial charge in [-0.1, -0.05) is 5.10 Å². The molecule has 0 saturated carbocycles. The van der Waals surface area contributed by atoms with Crippen LogP contribution < -0.4 is 10.1 Å². The molecule has 1 atom stereocenters. The highest BCUT2D eigenvalue weighted by Gasteiger charge is 2.40. The highest BCUT2D eigenvalue weighted by molar-refractivity contribution is 7.89. The van der Waals surface area contributed by atoms with Crippen LogP contribution in [0.1, 0.15) is 12.8 Å². The molecule has 1 aliphatic rings. The Morgan fingerprint density at radius 2 is 1.67 bits per heavy atom. The van der Waals surface area contributed by atoms with E-state index in [1.54, 1.807) is 12.1 Å². The van der Waals surface area contributed by atoms with Crippen LogP contribution in [-0.4, -0.2) is 75.3 Å². The number of methoxy groups -OCH3 is 1. The highest BCUT2D eigenvalue weighted by Crippen LogP contribution is 2.28. The van der Waals surface area contributed by atoms with Crippen LogP contribution in [0.3, 0.4) is 0 Å². The predicted octanol–water partition coefficient (Wildman–Crippen LogP) is 1.79. The Balaban J connectivity index is 1.48. The smallest absolute Gasteiger partial charge is 0.322 e. The fraction of sp³-hybridized carbons (Fsp3) is 0.318. The number of sulfonamides is 2. The second-order valence-electron chi connectivity index (χ2n) is 8.16. The minimum absolute atomic E-state index is 0.0582. The largest absolute Gasteiger partial charge is 0.497 e. The lowest BCUT2D eigenvalue weighted by Crippen LogP contribution is -2.43. The van der Waals surface area contributed by atoms with Gasteiger partial charge < -0.3 is 9.15 Å². The molecule has 0 bridgehead atoms. The number of aromatic nitrogens is 2. The Morgan fingerprint density at radius 1 is 1.03 bits per heavy atom. The average Bonchev–Trinajstić information content (AvgIpc) is 3.54. The third kappa shape index (κ3) is 4.97. The van der Waals surface area contributed by atoms with Crippen molar-refractivity contribution in [1.29, 1.82) is 0 Å². The number of carbonyl (C=O) groups excluding carboxylic acids is 1. The van der Waals surface area contributed by atoms with E-state index in [1.165, 1.54) is 57.6 Å². The Bertz CT molecular complexity index is 1450. The molecular formula is C22H25N5O7S2. The van der Waals surface area contributed by atoms with Gasteiger partial charge in [0.25, 0.3) is 0 Å². The second kappa shape index (κ2) is 9.97. The number of benzene rings is 2. The van der Waals surface area contributed by atoms with Crippen LogP contribution in [0.2, 0.25) is 0 Å². The summed E-state index contributed by atoms with van der Waals surface area (Å²) in [4.78, 5) is 13.1. The molecule has 3 aromatic rings. The molecule has 1 N–H and O–H groups in total. The number of nitrogens with zero attached hydrogens (tertiary/aromatic N) is 4. The minimum Gasteiger partial charge on any atom is -0.497 e. The zero-order valence-electron chi connectivity index (χ0n) is 19.8. The predicted molar refractivity (Wildman–Crippen MR) is 129 cm³/mol. The quantitative estimate of drug-likeness (QED) is 0.455. The summed E-state index contributed by atoms with van der Waals surface area (Å²) in [5.41, 5.74) is 0.449. The van der Waals surface area contributed by atoms with E-state index in [0.29, 0.717) is 24.2 Å². The number of amides is 1. The van der Waals surface area contributed by atoms with E-state index in [0.717, 1.165) is 8.61 Å². The number of nitrogens with one attached hydrogen (secondary N) is 1. The van der Waals surface area contributed by atoms with Crippen molar-refractivity contribution in [3.8, 4) is 17.2 Å². The van der Waals surface area contributed by atoms with E-state index in [9.17, 15) is 21.6 Å². The molecule has 0 spiro atoms. The third-order valence-corrected chi connectivity index (χ3v) is 9.46. The van der Waals surface area contributed by atoms with Crippen molar-refractivity contribution in [2.75, 3.05) is 33.1 Å². The molecule has 14 heteroatoms. The van der Waals surface area contributed by atoms with E-state index in [1.807, 2.05) is 0 Å². The number of carbonyl (C=O) groups is 1. The van der Waals surface area contributed by atoms with Crippen LogP contribution in [0.4, 0.5) is 6.01 Å². The van der Waals surface area contributed by atoms with Gasteiger partial charge in [-0.3, -0.25) is 10.1 Å². The first-order chi connectivity index (χ1) is 17.0. The van der Waals surface area contributed by atoms with Crippen LogP contribution in [0.5, 0.6) is 5.75 Å². The normalized spacial score (nSPS) is 16.8. The van der Waals surface area contributed by atoms with Gasteiger partial charge in [0.2, 0.25) is 31.8 Å². The summed E-state index contributed by atoms with van der Waals surface area (Å²) in [6.45, 7) is 0.198. The van der Waals surface area contributed by atoms with E-state index < -0.39 is 32.0 Å². The lowest BCUT2D eigenvalue weighted by molar-refractivity contribution is -0.119. The van der Waals surface area contributed by atoms with Gasteiger partial charge in [0.05, 0.1) is 16.9 Å². The summed E-state index contributed by atoms with van der Waals surface area (Å²) >= 11 is 0. The lowest BCUT2D eigenvalue weighted by atomic mass is 10.2. The molecule has 1 fully saturated rings. The lowest BCUT2D eigenvalue weighted by Gasteiger charge is -2.22. The van der Waals surface area contributed by atoms with E-state index in [-0.39, 0.29) is 28.2 Å². The van der Waals surface area contributed by atoms with E-state index >= 15 is 0 Å². The van der Waals surface area contributed by atoms with Crippen LogP contribution in [0, 0.1) is 0 Å². The summed E-state index contributed by atoms with van der Waals surface area (Å²) < 4.78 is 63.6. The van der Waals surface area contributed by atoms with Gasteiger partial charge in [-0.25, -0.2) is 21.1 Å². The monoisotopic (exact) mass is 535 g/mol. The van der Waals surface area contributed by atoms with Crippen molar-refractivity contribution in [3.05, 3.63) is 48.5 Å². The summed E-state index contributed by atoms with van der Waals surface area (Å²) in [6, 6.07) is 10.6. The van der Waals surface area contributed by atoms with Crippen molar-refractivity contribution < 1.29 is 30.8 Å². The number of rotatable bonds is 8. The maximum atomic E-state index is 13.1. The second-order valence-corrected chi connectivity index (χ2v) is 12.2. The van der Waals surface area contributed by atoms with Gasteiger partial charge in [0.15, 0.2) is 0 Å². The highest BCUT2D eigenvalue weighted by atomic mass is 32.2. The number of anilines is 1. The molecule has 0 aliphatic carbocycles. The molecule has 2 heterocycles. The Morgan fingerprint density at radius 3 is 2.28 bits per heavy atom. The molecule has 1 aliphatic heterocycles. The van der Waals surface area contributed by atoms with Crippen LogP contribution >= 0.6 is 0 Å². The van der Waals surface area contributed by atoms with E-state index in [4.69, 9.17) is 9.15 Å². The Labute approximate surface area is 209 Å². The summed E-state index contributed by atoms with van der Waals surface area (Å²) in [5, 5.41) is 10.2. The van der Waals surface area contributed by atoms with Crippen LogP contribution in [0.15, 0.2) is 62.7 Å². The first kappa shape index (κ1) is 25.8. The van der Waals surface area contributed by atoms with E-state index in [2.05, 4.69) is 15.5 Å². The molecule has 2 aromatic carbocycles. The Kier molecular flexibility index (Phi) is 7.13. The SMILES string of the molecule is COc1ccc(S(=O)(=O)N2CCCC2C(=O)Nc2nnc(-c3ccc(S(=O)(=O)N(C)C)cc3)o2)cc1. The Hall–Kier alpha value is -3.33. The van der Waals surface area contributed by atoms with Gasteiger partial charge in [-0.05, 0) is 61.4 Å². The molecule has 12 nitrogen and oxygen atoms in total. The van der Waals surface area contributed by atoms with Gasteiger partial charge >= 0.3 is 6.01 Å². The maximum absolute atomic E-state index is 13.1. The van der Waals surface area contributed by atoms with Gasteiger partial charge in [0, 0.05) is 26.2 Å². The topological polar surface area (TPSA) is 152 Å². The first-order valence-corrected chi connectivity index (χ1v) is 13.8. The fourth-order valence-corrected chi connectivity index (χ4v) is 6.29. The molecule has 1 unspecified atom stereocenters. The number of hydrogen-bond donors (Lipinski definition) is 1. The average molecular weight is 536 g/mol. The maximum Gasteiger partial charge on any atom is 0.322 e. The number of ether oxygens (including phenoxy) is 1. The molecule has 192 valence electrons. The molecule has 1 aromatic heterocycles. The summed E-state index contributed by atoms with van der Waals surface area (Å²) in [6.07, 6.45) is 0.856. The minimum atomic E-state index is -3.91. The summed E-state index contributed by atoms with van der Waals surface area (Å²) in [5.74, 6) is -0.00808. The molecule has 1 saturated heterocycles.